The summed E-state index contributed by atoms with van der Waals surface area (Å²) in [7, 11) is 0. The monoisotopic (exact) mass is 493 g/mol. The number of aromatic nitrogens is 2. The number of carbonyl (C=O) groups excluding carboxylic acids is 1. The van der Waals surface area contributed by atoms with Gasteiger partial charge in [0.25, 0.3) is 5.91 Å². The molecule has 9 heteroatoms. The third-order valence-corrected chi connectivity index (χ3v) is 6.57. The second-order valence-electron chi connectivity index (χ2n) is 7.66. The average molecular weight is 495 g/mol. The third-order valence-electron chi connectivity index (χ3n) is 5.61. The van der Waals surface area contributed by atoms with Crippen molar-refractivity contribution in [1.82, 2.24) is 14.9 Å². The lowest BCUT2D eigenvalue weighted by Crippen LogP contribution is -2.32. The molecular formula is C23H19Cl3FN3O2. The second-order valence-corrected chi connectivity index (χ2v) is 8.91. The Bertz CT molecular complexity index is 1110. The van der Waals surface area contributed by atoms with Gasteiger partial charge in [-0.05, 0) is 42.8 Å². The van der Waals surface area contributed by atoms with E-state index >= 15 is 0 Å². The summed E-state index contributed by atoms with van der Waals surface area (Å²) in [4.78, 5) is 22.6. The van der Waals surface area contributed by atoms with Gasteiger partial charge in [0, 0.05) is 43.4 Å². The molecule has 0 saturated carbocycles. The summed E-state index contributed by atoms with van der Waals surface area (Å²) in [5, 5.41) is 1.43. The molecule has 0 unspecified atom stereocenters. The zero-order valence-electron chi connectivity index (χ0n) is 17.0. The third kappa shape index (κ3) is 4.98. The summed E-state index contributed by atoms with van der Waals surface area (Å²) >= 11 is 18.3. The van der Waals surface area contributed by atoms with Crippen LogP contribution in [-0.2, 0) is 0 Å². The number of nitrogens with zero attached hydrogens (tertiary/aromatic N) is 3. The maximum Gasteiger partial charge on any atom is 0.255 e. The van der Waals surface area contributed by atoms with Crippen LogP contribution >= 0.6 is 34.8 Å². The number of pyridine rings is 2. The van der Waals surface area contributed by atoms with Crippen molar-refractivity contribution in [1.29, 1.82) is 0 Å². The highest BCUT2D eigenvalue weighted by molar-refractivity contribution is 6.42. The number of hydrogen-bond donors (Lipinski definition) is 0. The molecule has 1 aliphatic heterocycles. The quantitative estimate of drug-likeness (QED) is 0.414. The van der Waals surface area contributed by atoms with E-state index < -0.39 is 5.95 Å². The van der Waals surface area contributed by atoms with Crippen LogP contribution in [0, 0.1) is 11.9 Å². The summed E-state index contributed by atoms with van der Waals surface area (Å²) in [5.74, 6) is -0.511. The van der Waals surface area contributed by atoms with Gasteiger partial charge in [0.15, 0.2) is 0 Å². The molecule has 1 fully saturated rings. The fourth-order valence-corrected chi connectivity index (χ4v) is 4.38. The van der Waals surface area contributed by atoms with Gasteiger partial charge in [-0.1, -0.05) is 40.9 Å². The molecule has 3 aromatic rings. The van der Waals surface area contributed by atoms with E-state index in [1.165, 1.54) is 24.5 Å². The maximum absolute atomic E-state index is 13.2. The lowest BCUT2D eigenvalue weighted by molar-refractivity contribution is 0.0769. The lowest BCUT2D eigenvalue weighted by Gasteiger charge is -2.25. The van der Waals surface area contributed by atoms with E-state index in [1.807, 2.05) is 19.1 Å². The van der Waals surface area contributed by atoms with Gasteiger partial charge in [-0.3, -0.25) is 4.79 Å². The van der Waals surface area contributed by atoms with Gasteiger partial charge in [-0.15, -0.1) is 0 Å². The minimum absolute atomic E-state index is 0.0515. The largest absolute Gasteiger partial charge is 0.474 e. The van der Waals surface area contributed by atoms with Crippen molar-refractivity contribution in [2.24, 2.45) is 5.92 Å². The second kappa shape index (κ2) is 9.61. The maximum atomic E-state index is 13.2. The topological polar surface area (TPSA) is 55.3 Å². The van der Waals surface area contributed by atoms with Crippen LogP contribution in [0.3, 0.4) is 0 Å². The number of ether oxygens (including phenoxy) is 1. The van der Waals surface area contributed by atoms with E-state index in [9.17, 15) is 9.18 Å². The van der Waals surface area contributed by atoms with Crippen LogP contribution in [0.1, 0.15) is 28.8 Å². The van der Waals surface area contributed by atoms with Crippen LogP contribution in [0.4, 0.5) is 4.39 Å². The number of hydrogen-bond acceptors (Lipinski definition) is 4. The van der Waals surface area contributed by atoms with E-state index in [-0.39, 0.29) is 23.8 Å². The van der Waals surface area contributed by atoms with E-state index in [2.05, 4.69) is 9.97 Å². The number of likely N-dealkylation sites (tertiary alicyclic amines) is 1. The molecule has 2 aromatic heterocycles. The molecule has 32 heavy (non-hydrogen) atoms. The Labute approximate surface area is 200 Å². The predicted molar refractivity (Wildman–Crippen MR) is 122 cm³/mol. The molecule has 0 aliphatic carbocycles. The number of amides is 1. The fraction of sp³-hybridized carbons (Fsp3) is 0.261. The zero-order valence-corrected chi connectivity index (χ0v) is 19.3. The van der Waals surface area contributed by atoms with Gasteiger partial charge >= 0.3 is 0 Å². The molecule has 4 rings (SSSR count). The molecule has 0 N–H and O–H groups in total. The first-order valence-corrected chi connectivity index (χ1v) is 11.1. The Morgan fingerprint density at radius 1 is 1.06 bits per heavy atom. The molecule has 1 aliphatic rings. The first kappa shape index (κ1) is 22.8. The van der Waals surface area contributed by atoms with Gasteiger partial charge in [0.2, 0.25) is 11.8 Å². The van der Waals surface area contributed by atoms with Crippen molar-refractivity contribution >= 4 is 40.7 Å². The normalized spacial score (nSPS) is 19.1. The van der Waals surface area contributed by atoms with Crippen molar-refractivity contribution < 1.29 is 13.9 Å². The Hall–Kier alpha value is -2.41. The summed E-state index contributed by atoms with van der Waals surface area (Å²) in [6, 6.07) is 11.5. The number of halogens is 4. The highest BCUT2D eigenvalue weighted by atomic mass is 35.5. The van der Waals surface area contributed by atoms with Crippen LogP contribution in [0.25, 0.3) is 0 Å². The van der Waals surface area contributed by atoms with Gasteiger partial charge in [-0.2, -0.15) is 4.39 Å². The first-order valence-electron chi connectivity index (χ1n) is 9.96. The number of benzene rings is 1. The van der Waals surface area contributed by atoms with Crippen molar-refractivity contribution in [2.75, 3.05) is 13.1 Å². The summed E-state index contributed by atoms with van der Waals surface area (Å²) in [6.07, 6.45) is 2.50. The molecular weight excluding hydrogens is 476 g/mol. The van der Waals surface area contributed by atoms with Crippen LogP contribution in [0.2, 0.25) is 15.1 Å². The van der Waals surface area contributed by atoms with Crippen LogP contribution in [-0.4, -0.2) is 40.0 Å². The predicted octanol–water partition coefficient (Wildman–Crippen LogP) is 5.90. The molecule has 1 aromatic carbocycles. The van der Waals surface area contributed by atoms with Gasteiger partial charge in [0.1, 0.15) is 6.10 Å². The summed E-state index contributed by atoms with van der Waals surface area (Å²) < 4.78 is 19.3. The Balaban J connectivity index is 1.61. The minimum atomic E-state index is -0.632. The van der Waals surface area contributed by atoms with Crippen LogP contribution in [0.15, 0.2) is 54.9 Å². The van der Waals surface area contributed by atoms with Crippen molar-refractivity contribution in [2.45, 2.75) is 18.9 Å². The van der Waals surface area contributed by atoms with Crippen LogP contribution < -0.4 is 4.74 Å². The van der Waals surface area contributed by atoms with Crippen molar-refractivity contribution in [3.63, 3.8) is 0 Å². The van der Waals surface area contributed by atoms with E-state index in [4.69, 9.17) is 39.5 Å². The number of rotatable bonds is 5. The molecule has 1 amide bonds. The van der Waals surface area contributed by atoms with Crippen LogP contribution in [0.5, 0.6) is 5.88 Å². The molecule has 3 atom stereocenters. The number of carbonyl (C=O) groups is 1. The van der Waals surface area contributed by atoms with E-state index in [0.29, 0.717) is 39.6 Å². The molecule has 0 spiro atoms. The average Bonchev–Trinajstić information content (AvgIpc) is 3.23. The lowest BCUT2D eigenvalue weighted by atomic mass is 9.86. The fourth-order valence-electron chi connectivity index (χ4n) is 3.96. The molecule has 0 bridgehead atoms. The zero-order chi connectivity index (χ0) is 22.8. The van der Waals surface area contributed by atoms with E-state index in [0.717, 1.165) is 5.56 Å². The minimum Gasteiger partial charge on any atom is -0.474 e. The summed E-state index contributed by atoms with van der Waals surface area (Å²) in [6.45, 7) is 2.83. The Morgan fingerprint density at radius 3 is 2.53 bits per heavy atom. The summed E-state index contributed by atoms with van der Waals surface area (Å²) in [5.41, 5.74) is 1.28. The van der Waals surface area contributed by atoms with Gasteiger partial charge < -0.3 is 9.64 Å². The standard InChI is InChI=1S/C23H19Cl3FN3O2/c1-13(32-22-7-4-16(24)10-29-22)17-11-30(23(31)15-3-6-21(27)28-9-15)12-18(17)14-2-5-19(25)20(26)8-14/h2-10,13,17-18H,11-12H2,1H3/t13-,17+,18+/m1/s1. The SMILES string of the molecule is C[C@@H](Oc1ccc(Cl)cn1)[C@@H]1CN(C(=O)c2ccc(F)nc2)C[C@H]1c1ccc(Cl)c(Cl)c1. The molecule has 5 nitrogen and oxygen atoms in total. The van der Waals surface area contributed by atoms with Gasteiger partial charge in [0.05, 0.1) is 20.6 Å². The Kier molecular flexibility index (Phi) is 6.84. The van der Waals surface area contributed by atoms with Gasteiger partial charge in [-0.25, -0.2) is 9.97 Å². The smallest absolute Gasteiger partial charge is 0.255 e. The van der Waals surface area contributed by atoms with Crippen molar-refractivity contribution in [3.8, 4) is 5.88 Å². The van der Waals surface area contributed by atoms with Crippen molar-refractivity contribution in [3.05, 3.63) is 87.0 Å². The highest BCUT2D eigenvalue weighted by Gasteiger charge is 2.40. The highest BCUT2D eigenvalue weighted by Crippen LogP contribution is 2.38. The van der Waals surface area contributed by atoms with E-state index in [1.54, 1.807) is 23.1 Å². The molecule has 1 saturated heterocycles. The first-order chi connectivity index (χ1) is 15.3. The molecule has 166 valence electrons. The molecule has 0 radical (unpaired) electrons. The Morgan fingerprint density at radius 2 is 1.88 bits per heavy atom. The molecule has 3 heterocycles.